The Labute approximate surface area is 127 Å². The first-order chi connectivity index (χ1) is 10.2. The van der Waals surface area contributed by atoms with Gasteiger partial charge in [0.05, 0.1) is 6.04 Å². The van der Waals surface area contributed by atoms with Gasteiger partial charge in [0.15, 0.2) is 0 Å². The largest absolute Gasteiger partial charge is 0.322 e. The van der Waals surface area contributed by atoms with Crippen LogP contribution in [0.25, 0.3) is 0 Å². The highest BCUT2D eigenvalue weighted by molar-refractivity contribution is 5.84. The maximum Gasteiger partial charge on any atom is 0.241 e. The molecule has 2 fully saturated rings. The number of amides is 1. The molecule has 1 heterocycles. The van der Waals surface area contributed by atoms with E-state index >= 15 is 0 Å². The summed E-state index contributed by atoms with van der Waals surface area (Å²) in [6, 6.07) is 8.53. The Bertz CT molecular complexity index is 510. The summed E-state index contributed by atoms with van der Waals surface area (Å²) in [5, 5.41) is 3.56. The SMILES string of the molecule is CCCC1NC(c2cccc(C)c2)N(CCC2CC2)C1=O. The second-order valence-corrected chi connectivity index (χ2v) is 6.59. The fraction of sp³-hybridized carbons (Fsp3) is 0.611. The monoisotopic (exact) mass is 286 g/mol. The number of nitrogens with one attached hydrogen (secondary N) is 1. The highest BCUT2D eigenvalue weighted by Gasteiger charge is 2.39. The lowest BCUT2D eigenvalue weighted by Gasteiger charge is -2.25. The number of carbonyl (C=O) groups is 1. The van der Waals surface area contributed by atoms with Crippen LogP contribution in [0, 0.1) is 12.8 Å². The quantitative estimate of drug-likeness (QED) is 0.869. The van der Waals surface area contributed by atoms with Crippen molar-refractivity contribution >= 4 is 5.91 Å². The zero-order valence-electron chi connectivity index (χ0n) is 13.1. The minimum atomic E-state index is -0.000264. The maximum absolute atomic E-state index is 12.7. The molecule has 3 nitrogen and oxygen atoms in total. The first-order valence-electron chi connectivity index (χ1n) is 8.32. The summed E-state index contributed by atoms with van der Waals surface area (Å²) in [6.45, 7) is 5.15. The molecule has 3 rings (SSSR count). The Morgan fingerprint density at radius 2 is 2.10 bits per heavy atom. The summed E-state index contributed by atoms with van der Waals surface area (Å²) < 4.78 is 0. The van der Waals surface area contributed by atoms with Gasteiger partial charge in [-0.15, -0.1) is 0 Å². The van der Waals surface area contributed by atoms with Crippen molar-refractivity contribution in [3.05, 3.63) is 35.4 Å². The minimum Gasteiger partial charge on any atom is -0.322 e. The molecule has 3 heteroatoms. The van der Waals surface area contributed by atoms with Crippen LogP contribution in [0.1, 0.15) is 56.3 Å². The summed E-state index contributed by atoms with van der Waals surface area (Å²) in [5.74, 6) is 1.16. The number of hydrogen-bond acceptors (Lipinski definition) is 2. The third kappa shape index (κ3) is 3.29. The second kappa shape index (κ2) is 6.18. The highest BCUT2D eigenvalue weighted by Crippen LogP contribution is 2.35. The van der Waals surface area contributed by atoms with E-state index < -0.39 is 0 Å². The fourth-order valence-electron chi connectivity index (χ4n) is 3.26. The molecule has 2 atom stereocenters. The van der Waals surface area contributed by atoms with E-state index in [4.69, 9.17) is 0 Å². The molecule has 1 N–H and O–H groups in total. The van der Waals surface area contributed by atoms with Crippen molar-refractivity contribution in [1.29, 1.82) is 0 Å². The van der Waals surface area contributed by atoms with E-state index in [9.17, 15) is 4.79 Å². The van der Waals surface area contributed by atoms with Gasteiger partial charge in [-0.1, -0.05) is 56.0 Å². The Hall–Kier alpha value is -1.35. The molecule has 21 heavy (non-hydrogen) atoms. The molecule has 2 unspecified atom stereocenters. The van der Waals surface area contributed by atoms with E-state index in [1.807, 2.05) is 0 Å². The summed E-state index contributed by atoms with van der Waals surface area (Å²) in [6.07, 6.45) is 5.90. The number of hydrogen-bond donors (Lipinski definition) is 1. The molecule has 0 aromatic heterocycles. The summed E-state index contributed by atoms with van der Waals surface area (Å²) in [5.41, 5.74) is 2.47. The molecule has 114 valence electrons. The van der Waals surface area contributed by atoms with Gasteiger partial charge in [-0.2, -0.15) is 0 Å². The van der Waals surface area contributed by atoms with Crippen LogP contribution in [-0.2, 0) is 4.79 Å². The molecular weight excluding hydrogens is 260 g/mol. The lowest BCUT2D eigenvalue weighted by Crippen LogP contribution is -2.32. The van der Waals surface area contributed by atoms with Gasteiger partial charge in [0, 0.05) is 6.54 Å². The third-order valence-corrected chi connectivity index (χ3v) is 4.66. The molecule has 0 radical (unpaired) electrons. The van der Waals surface area contributed by atoms with E-state index in [1.165, 1.54) is 24.0 Å². The molecule has 2 aliphatic rings. The van der Waals surface area contributed by atoms with Crippen LogP contribution in [0.2, 0.25) is 0 Å². The van der Waals surface area contributed by atoms with Crippen molar-refractivity contribution in [3.8, 4) is 0 Å². The Morgan fingerprint density at radius 1 is 1.29 bits per heavy atom. The van der Waals surface area contributed by atoms with Gasteiger partial charge in [-0.3, -0.25) is 10.1 Å². The molecule has 1 aliphatic heterocycles. The lowest BCUT2D eigenvalue weighted by atomic mass is 10.1. The van der Waals surface area contributed by atoms with Crippen LogP contribution in [-0.4, -0.2) is 23.4 Å². The van der Waals surface area contributed by atoms with E-state index in [1.54, 1.807) is 0 Å². The van der Waals surface area contributed by atoms with E-state index in [0.717, 1.165) is 31.7 Å². The molecule has 1 saturated heterocycles. The molecule has 1 aromatic rings. The van der Waals surface area contributed by atoms with Crippen LogP contribution < -0.4 is 5.32 Å². The van der Waals surface area contributed by atoms with Gasteiger partial charge in [0.1, 0.15) is 6.17 Å². The first kappa shape index (κ1) is 14.6. The van der Waals surface area contributed by atoms with Crippen molar-refractivity contribution in [2.75, 3.05) is 6.54 Å². The van der Waals surface area contributed by atoms with Gasteiger partial charge in [0.25, 0.3) is 0 Å². The molecule has 1 aliphatic carbocycles. The smallest absolute Gasteiger partial charge is 0.241 e. The van der Waals surface area contributed by atoms with Crippen LogP contribution in [0.5, 0.6) is 0 Å². The Balaban J connectivity index is 1.78. The molecule has 0 bridgehead atoms. The number of benzene rings is 1. The molecule has 1 amide bonds. The average molecular weight is 286 g/mol. The fourth-order valence-corrected chi connectivity index (χ4v) is 3.26. The summed E-state index contributed by atoms with van der Waals surface area (Å²) in [4.78, 5) is 14.7. The molecule has 1 aromatic carbocycles. The van der Waals surface area contributed by atoms with E-state index in [-0.39, 0.29) is 12.2 Å². The van der Waals surface area contributed by atoms with Crippen LogP contribution in [0.4, 0.5) is 0 Å². The Morgan fingerprint density at radius 3 is 2.76 bits per heavy atom. The van der Waals surface area contributed by atoms with Crippen molar-refractivity contribution in [1.82, 2.24) is 10.2 Å². The molecule has 0 spiro atoms. The van der Waals surface area contributed by atoms with Crippen molar-refractivity contribution in [3.63, 3.8) is 0 Å². The van der Waals surface area contributed by atoms with Crippen molar-refractivity contribution in [2.45, 2.75) is 58.2 Å². The van der Waals surface area contributed by atoms with Gasteiger partial charge < -0.3 is 4.90 Å². The standard InChI is InChI=1S/C18H26N2O/c1-3-5-16-18(21)20(11-10-14-8-9-14)17(19-16)15-7-4-6-13(2)12-15/h4,6-7,12,14,16-17,19H,3,5,8-11H2,1-2H3. The van der Waals surface area contributed by atoms with Crippen molar-refractivity contribution in [2.24, 2.45) is 5.92 Å². The van der Waals surface area contributed by atoms with E-state index in [2.05, 4.69) is 48.3 Å². The average Bonchev–Trinajstić information content (AvgIpc) is 3.24. The van der Waals surface area contributed by atoms with Gasteiger partial charge in [-0.05, 0) is 31.2 Å². The molecule has 1 saturated carbocycles. The zero-order chi connectivity index (χ0) is 14.8. The maximum atomic E-state index is 12.7. The summed E-state index contributed by atoms with van der Waals surface area (Å²) >= 11 is 0. The predicted molar refractivity (Wildman–Crippen MR) is 84.8 cm³/mol. The lowest BCUT2D eigenvalue weighted by molar-refractivity contribution is -0.130. The minimum absolute atomic E-state index is 0.000264. The summed E-state index contributed by atoms with van der Waals surface area (Å²) in [7, 11) is 0. The third-order valence-electron chi connectivity index (χ3n) is 4.66. The molecular formula is C18H26N2O. The normalized spacial score (nSPS) is 25.6. The number of nitrogens with zero attached hydrogens (tertiary/aromatic N) is 1. The van der Waals surface area contributed by atoms with Gasteiger partial charge in [-0.25, -0.2) is 0 Å². The van der Waals surface area contributed by atoms with Crippen LogP contribution in [0.3, 0.4) is 0 Å². The van der Waals surface area contributed by atoms with Crippen LogP contribution >= 0.6 is 0 Å². The zero-order valence-corrected chi connectivity index (χ0v) is 13.1. The second-order valence-electron chi connectivity index (χ2n) is 6.59. The number of carbonyl (C=O) groups excluding carboxylic acids is 1. The first-order valence-corrected chi connectivity index (χ1v) is 8.32. The predicted octanol–water partition coefficient (Wildman–Crippen LogP) is 3.39. The van der Waals surface area contributed by atoms with Gasteiger partial charge in [0.2, 0.25) is 5.91 Å². The van der Waals surface area contributed by atoms with E-state index in [0.29, 0.717) is 5.91 Å². The topological polar surface area (TPSA) is 32.3 Å². The highest BCUT2D eigenvalue weighted by atomic mass is 16.2. The number of aryl methyl sites for hydroxylation is 1. The van der Waals surface area contributed by atoms with Crippen molar-refractivity contribution < 1.29 is 4.79 Å². The van der Waals surface area contributed by atoms with Gasteiger partial charge >= 0.3 is 0 Å². The number of rotatable bonds is 6. The Kier molecular flexibility index (Phi) is 4.29. The van der Waals surface area contributed by atoms with Crippen LogP contribution in [0.15, 0.2) is 24.3 Å².